The second-order valence-electron chi connectivity index (χ2n) is 9.37. The van der Waals surface area contributed by atoms with Gasteiger partial charge in [-0.05, 0) is 42.2 Å². The second-order valence-corrected chi connectivity index (χ2v) is 11.3. The summed E-state index contributed by atoms with van der Waals surface area (Å²) in [6.07, 6.45) is -1.98. The maximum Gasteiger partial charge on any atom is 0.408 e. The van der Waals surface area contributed by atoms with Crippen molar-refractivity contribution in [2.24, 2.45) is 5.92 Å². The predicted octanol–water partition coefficient (Wildman–Crippen LogP) is 2.75. The van der Waals surface area contributed by atoms with Crippen molar-refractivity contribution in [3.63, 3.8) is 0 Å². The van der Waals surface area contributed by atoms with Gasteiger partial charge >= 0.3 is 12.1 Å². The maximum absolute atomic E-state index is 13.6. The molecule has 1 heterocycles. The predicted molar refractivity (Wildman–Crippen MR) is 140 cm³/mol. The van der Waals surface area contributed by atoms with Gasteiger partial charge in [0.2, 0.25) is 16.1 Å². The summed E-state index contributed by atoms with van der Waals surface area (Å²) in [6.45, 7) is 3.98. The Kier molecular flexibility index (Phi) is 10.5. The molecule has 0 radical (unpaired) electrons. The molecule has 2 N–H and O–H groups in total. The number of aliphatic hydroxyl groups excluding tert-OH is 1. The Morgan fingerprint density at radius 1 is 1.16 bits per heavy atom. The molecular weight excluding hydrogens is 512 g/mol. The second kappa shape index (κ2) is 13.6. The lowest BCUT2D eigenvalue weighted by Crippen LogP contribution is -2.51. The number of sulfonamides is 1. The smallest absolute Gasteiger partial charge is 0.408 e. The summed E-state index contributed by atoms with van der Waals surface area (Å²) in [7, 11) is -2.48. The van der Waals surface area contributed by atoms with E-state index in [0.29, 0.717) is 5.75 Å². The first-order chi connectivity index (χ1) is 18.1. The van der Waals surface area contributed by atoms with E-state index in [4.69, 9.17) is 14.2 Å². The number of aliphatic hydroxyl groups is 1. The molecule has 0 aliphatic carbocycles. The summed E-state index contributed by atoms with van der Waals surface area (Å²) in [5.41, 5.74) is 0.823. The molecule has 11 heteroatoms. The van der Waals surface area contributed by atoms with Crippen LogP contribution in [-0.2, 0) is 30.7 Å². The Morgan fingerprint density at radius 3 is 2.42 bits per heavy atom. The number of nitrogens with zero attached hydrogens (tertiary/aromatic N) is 1. The van der Waals surface area contributed by atoms with Gasteiger partial charge in [0, 0.05) is 19.5 Å². The minimum absolute atomic E-state index is 0.0223. The molecule has 0 aromatic heterocycles. The monoisotopic (exact) mass is 548 g/mol. The molecule has 1 saturated heterocycles. The lowest BCUT2D eigenvalue weighted by molar-refractivity contribution is -0.144. The van der Waals surface area contributed by atoms with Crippen LogP contribution in [0.5, 0.6) is 5.75 Å². The van der Waals surface area contributed by atoms with Crippen LogP contribution in [0.2, 0.25) is 0 Å². The topological polar surface area (TPSA) is 131 Å². The zero-order valence-electron chi connectivity index (χ0n) is 21.9. The number of nitrogens with one attached hydrogen (secondary N) is 1. The fourth-order valence-corrected chi connectivity index (χ4v) is 5.61. The number of ether oxygens (including phenoxy) is 3. The van der Waals surface area contributed by atoms with E-state index in [1.807, 2.05) is 44.2 Å². The Bertz CT molecular complexity index is 1160. The van der Waals surface area contributed by atoms with Crippen molar-refractivity contribution in [1.29, 1.82) is 0 Å². The number of esters is 1. The average Bonchev–Trinajstić information content (AvgIpc) is 3.32. The molecular formula is C27H36N2O8S. The van der Waals surface area contributed by atoms with E-state index in [1.54, 1.807) is 12.1 Å². The van der Waals surface area contributed by atoms with Gasteiger partial charge in [0.25, 0.3) is 0 Å². The van der Waals surface area contributed by atoms with Crippen LogP contribution in [0.25, 0.3) is 0 Å². The van der Waals surface area contributed by atoms with Crippen LogP contribution in [0.1, 0.15) is 32.3 Å². The number of carbonyl (C=O) groups is 2. The van der Waals surface area contributed by atoms with E-state index in [2.05, 4.69) is 5.32 Å². The molecule has 38 heavy (non-hydrogen) atoms. The largest absolute Gasteiger partial charge is 0.497 e. The van der Waals surface area contributed by atoms with Gasteiger partial charge < -0.3 is 24.6 Å². The summed E-state index contributed by atoms with van der Waals surface area (Å²) in [4.78, 5) is 24.4. The number of methoxy groups -OCH3 is 1. The highest BCUT2D eigenvalue weighted by molar-refractivity contribution is 7.89. The van der Waals surface area contributed by atoms with Crippen molar-refractivity contribution < 1.29 is 37.3 Å². The summed E-state index contributed by atoms with van der Waals surface area (Å²) in [5.74, 6) is -0.0750. The summed E-state index contributed by atoms with van der Waals surface area (Å²) in [5, 5.41) is 13.9. The van der Waals surface area contributed by atoms with Gasteiger partial charge in [0.1, 0.15) is 5.75 Å². The molecule has 0 unspecified atom stereocenters. The zero-order chi connectivity index (χ0) is 27.7. The van der Waals surface area contributed by atoms with Gasteiger partial charge in [-0.1, -0.05) is 50.6 Å². The van der Waals surface area contributed by atoms with Crippen LogP contribution in [0, 0.1) is 5.92 Å². The van der Waals surface area contributed by atoms with Gasteiger partial charge in [0.05, 0.1) is 30.8 Å². The first-order valence-electron chi connectivity index (χ1n) is 12.6. The standard InChI is InChI=1S/C27H36N2O8S/c1-4-19(2)17-29(38(33,34)22-12-10-21(35-3)11-13-22)18-24(30)23(16-20-8-6-5-7-9-20)28-27(32)37-25-14-15-36-26(25)31/h5-13,19,23-25,30H,4,14-18H2,1-3H3,(H,28,32)/t19-,23+,24-,25+/m1/s1. The molecule has 4 atom stereocenters. The minimum Gasteiger partial charge on any atom is -0.497 e. The Balaban J connectivity index is 1.83. The summed E-state index contributed by atoms with van der Waals surface area (Å²) < 4.78 is 43.6. The van der Waals surface area contributed by atoms with Gasteiger partial charge in [0.15, 0.2) is 0 Å². The van der Waals surface area contributed by atoms with E-state index in [-0.39, 0.29) is 43.4 Å². The van der Waals surface area contributed by atoms with Gasteiger partial charge in [-0.3, -0.25) is 0 Å². The molecule has 0 saturated carbocycles. The van der Waals surface area contributed by atoms with E-state index in [1.165, 1.54) is 23.5 Å². The lowest BCUT2D eigenvalue weighted by Gasteiger charge is -2.31. The van der Waals surface area contributed by atoms with Crippen LogP contribution in [-0.4, -0.2) is 74.9 Å². The highest BCUT2D eigenvalue weighted by Gasteiger charge is 2.34. The van der Waals surface area contributed by atoms with Crippen LogP contribution in [0.15, 0.2) is 59.5 Å². The molecule has 0 spiro atoms. The first-order valence-corrected chi connectivity index (χ1v) is 14.1. The molecule has 2 aromatic carbocycles. The molecule has 10 nitrogen and oxygen atoms in total. The number of rotatable bonds is 13. The molecule has 1 fully saturated rings. The third-order valence-corrected chi connectivity index (χ3v) is 8.35. The number of amides is 1. The normalized spacial score (nSPS) is 17.9. The third kappa shape index (κ3) is 7.92. The van der Waals surface area contributed by atoms with E-state index in [9.17, 15) is 23.1 Å². The Morgan fingerprint density at radius 2 is 1.84 bits per heavy atom. The van der Waals surface area contributed by atoms with E-state index < -0.39 is 40.3 Å². The minimum atomic E-state index is -3.97. The van der Waals surface area contributed by atoms with Crippen LogP contribution in [0.4, 0.5) is 4.79 Å². The highest BCUT2D eigenvalue weighted by Crippen LogP contribution is 2.22. The number of benzene rings is 2. The third-order valence-electron chi connectivity index (χ3n) is 6.50. The molecule has 1 amide bonds. The van der Waals surface area contributed by atoms with Crippen LogP contribution < -0.4 is 10.1 Å². The van der Waals surface area contributed by atoms with Crippen LogP contribution in [0.3, 0.4) is 0 Å². The Labute approximate surface area is 223 Å². The van der Waals surface area contributed by atoms with Crippen molar-refractivity contribution in [3.8, 4) is 5.75 Å². The number of carbonyl (C=O) groups excluding carboxylic acids is 2. The van der Waals surface area contributed by atoms with Crippen molar-refractivity contribution in [3.05, 3.63) is 60.2 Å². The van der Waals surface area contributed by atoms with E-state index in [0.717, 1.165) is 12.0 Å². The number of cyclic esters (lactones) is 1. The van der Waals surface area contributed by atoms with Crippen molar-refractivity contribution in [2.45, 2.75) is 56.3 Å². The van der Waals surface area contributed by atoms with E-state index >= 15 is 0 Å². The molecule has 1 aliphatic heterocycles. The van der Waals surface area contributed by atoms with Gasteiger partial charge in [-0.15, -0.1) is 0 Å². The van der Waals surface area contributed by atoms with Gasteiger partial charge in [-0.25, -0.2) is 18.0 Å². The maximum atomic E-state index is 13.6. The number of hydrogen-bond donors (Lipinski definition) is 2. The number of hydrogen-bond acceptors (Lipinski definition) is 8. The molecule has 2 aromatic rings. The quantitative estimate of drug-likeness (QED) is 0.365. The lowest BCUT2D eigenvalue weighted by atomic mass is 10.0. The molecule has 1 aliphatic rings. The van der Waals surface area contributed by atoms with Crippen molar-refractivity contribution in [1.82, 2.24) is 9.62 Å². The number of alkyl carbamates (subject to hydrolysis) is 1. The fraction of sp³-hybridized carbons (Fsp3) is 0.481. The SMILES string of the molecule is CC[C@@H](C)CN(C[C@@H](O)[C@H](Cc1ccccc1)NC(=O)O[C@H]1CCOC1=O)S(=O)(=O)c1ccc(OC)cc1. The van der Waals surface area contributed by atoms with Gasteiger partial charge in [-0.2, -0.15) is 4.31 Å². The average molecular weight is 549 g/mol. The summed E-state index contributed by atoms with van der Waals surface area (Å²) in [6, 6.07) is 14.3. The highest BCUT2D eigenvalue weighted by atomic mass is 32.2. The van der Waals surface area contributed by atoms with Crippen LogP contribution >= 0.6 is 0 Å². The fourth-order valence-electron chi connectivity index (χ4n) is 4.03. The summed E-state index contributed by atoms with van der Waals surface area (Å²) >= 11 is 0. The molecule has 0 bridgehead atoms. The van der Waals surface area contributed by atoms with Crippen molar-refractivity contribution >= 4 is 22.1 Å². The zero-order valence-corrected chi connectivity index (χ0v) is 22.7. The van der Waals surface area contributed by atoms with Crippen molar-refractivity contribution in [2.75, 3.05) is 26.8 Å². The first kappa shape index (κ1) is 29.4. The molecule has 208 valence electrons. The molecule has 3 rings (SSSR count). The Hall–Kier alpha value is -3.15.